The second-order valence-corrected chi connectivity index (χ2v) is 8.84. The molecular weight excluding hydrogens is 462 g/mol. The summed E-state index contributed by atoms with van der Waals surface area (Å²) in [4.78, 5) is 4.43. The van der Waals surface area contributed by atoms with Crippen LogP contribution in [0.3, 0.4) is 0 Å². The summed E-state index contributed by atoms with van der Waals surface area (Å²) in [6.45, 7) is 4.16. The fourth-order valence-electron chi connectivity index (χ4n) is 2.61. The largest absolute Gasteiger partial charge is 0.420 e. The van der Waals surface area contributed by atoms with Crippen molar-refractivity contribution in [2.75, 3.05) is 18.5 Å². The predicted molar refractivity (Wildman–Crippen MR) is 114 cm³/mol. The molecule has 154 valence electrons. The Kier molecular flexibility index (Phi) is 7.24. The Morgan fingerprint density at radius 2 is 1.69 bits per heavy atom. The van der Waals surface area contributed by atoms with Crippen molar-refractivity contribution in [2.45, 2.75) is 20.4 Å². The van der Waals surface area contributed by atoms with Gasteiger partial charge in [0.15, 0.2) is 0 Å². The van der Waals surface area contributed by atoms with Gasteiger partial charge in [0, 0.05) is 16.6 Å². The lowest BCUT2D eigenvalue weighted by Gasteiger charge is -2.15. The summed E-state index contributed by atoms with van der Waals surface area (Å²) in [7, 11) is -3.68. The molecule has 0 saturated heterocycles. The maximum absolute atomic E-state index is 13.3. The Labute approximate surface area is 177 Å². The van der Waals surface area contributed by atoms with Crippen LogP contribution in [0.15, 0.2) is 57.4 Å². The van der Waals surface area contributed by atoms with Crippen LogP contribution in [0.4, 0.5) is 10.3 Å². The van der Waals surface area contributed by atoms with Crippen molar-refractivity contribution in [3.8, 4) is 11.5 Å². The van der Waals surface area contributed by atoms with E-state index in [9.17, 15) is 8.96 Å². The number of rotatable bonds is 9. The number of anilines is 1. The molecule has 2 aromatic carbocycles. The summed E-state index contributed by atoms with van der Waals surface area (Å²) in [6, 6.07) is 13.4. The smallest absolute Gasteiger partial charge is 0.385 e. The number of oxazole rings is 1. The molecule has 0 atom stereocenters. The van der Waals surface area contributed by atoms with E-state index in [2.05, 4.69) is 26.2 Å². The zero-order valence-corrected chi connectivity index (χ0v) is 18.5. The Morgan fingerprint density at radius 3 is 2.28 bits per heavy atom. The summed E-state index contributed by atoms with van der Waals surface area (Å²) in [5, 5.41) is 3.08. The van der Waals surface area contributed by atoms with E-state index < -0.39 is 7.60 Å². The van der Waals surface area contributed by atoms with Crippen molar-refractivity contribution < 1.29 is 22.4 Å². The van der Waals surface area contributed by atoms with E-state index in [1.54, 1.807) is 26.0 Å². The zero-order chi connectivity index (χ0) is 20.9. The minimum atomic E-state index is -3.68. The van der Waals surface area contributed by atoms with Gasteiger partial charge in [0.05, 0.1) is 13.2 Å². The molecule has 0 aliphatic carbocycles. The monoisotopic (exact) mass is 482 g/mol. The van der Waals surface area contributed by atoms with Gasteiger partial charge in [0.2, 0.25) is 17.2 Å². The summed E-state index contributed by atoms with van der Waals surface area (Å²) in [5.41, 5.74) is 1.62. The number of nitrogens with zero attached hydrogens (tertiary/aromatic N) is 1. The molecule has 9 heteroatoms. The molecule has 0 amide bonds. The van der Waals surface area contributed by atoms with Crippen LogP contribution >= 0.6 is 23.5 Å². The molecule has 3 rings (SSSR count). The van der Waals surface area contributed by atoms with E-state index in [1.165, 1.54) is 12.1 Å². The van der Waals surface area contributed by atoms with Gasteiger partial charge < -0.3 is 18.8 Å². The normalized spacial score (nSPS) is 11.6. The first-order chi connectivity index (χ1) is 13.9. The first-order valence-electron chi connectivity index (χ1n) is 9.10. The van der Waals surface area contributed by atoms with Crippen molar-refractivity contribution in [2.24, 2.45) is 0 Å². The van der Waals surface area contributed by atoms with Crippen LogP contribution < -0.4 is 10.8 Å². The summed E-state index contributed by atoms with van der Waals surface area (Å²) < 4.78 is 44.2. The van der Waals surface area contributed by atoms with Crippen LogP contribution in [0.25, 0.3) is 11.5 Å². The summed E-state index contributed by atoms with van der Waals surface area (Å²) in [5.74, 6) is 0.162. The Hall–Kier alpha value is -1.99. The van der Waals surface area contributed by atoms with E-state index in [0.29, 0.717) is 12.1 Å². The quantitative estimate of drug-likeness (QED) is 0.391. The zero-order valence-electron chi connectivity index (χ0n) is 16.0. The molecule has 29 heavy (non-hydrogen) atoms. The van der Waals surface area contributed by atoms with Crippen molar-refractivity contribution >= 4 is 34.8 Å². The average Bonchev–Trinajstić information content (AvgIpc) is 3.14. The number of halogens is 2. The van der Waals surface area contributed by atoms with E-state index in [0.717, 1.165) is 10.0 Å². The SMILES string of the molecule is CCOP(=O)(OCC)c1nc(-c2ccc(Br)cc2)oc1NCc1ccc(F)cc1. The Bertz CT molecular complexity index is 983. The molecule has 1 heterocycles. The van der Waals surface area contributed by atoms with Crippen LogP contribution in [0.2, 0.25) is 0 Å². The third kappa shape index (κ3) is 5.34. The van der Waals surface area contributed by atoms with Gasteiger partial charge in [-0.25, -0.2) is 4.39 Å². The summed E-state index contributed by atoms with van der Waals surface area (Å²) in [6.07, 6.45) is 0. The molecule has 0 fully saturated rings. The second kappa shape index (κ2) is 9.67. The van der Waals surface area contributed by atoms with Crippen molar-refractivity contribution in [1.82, 2.24) is 4.98 Å². The summed E-state index contributed by atoms with van der Waals surface area (Å²) >= 11 is 3.39. The number of aromatic nitrogens is 1. The molecule has 3 aromatic rings. The highest BCUT2D eigenvalue weighted by molar-refractivity contribution is 9.10. The number of benzene rings is 2. The van der Waals surface area contributed by atoms with E-state index in [1.807, 2.05) is 24.3 Å². The number of hydrogen-bond donors (Lipinski definition) is 1. The fraction of sp³-hybridized carbons (Fsp3) is 0.250. The molecule has 0 aliphatic rings. The van der Waals surface area contributed by atoms with Gasteiger partial charge in [0.1, 0.15) is 5.82 Å². The molecule has 0 saturated carbocycles. The van der Waals surface area contributed by atoms with Crippen molar-refractivity contribution in [3.05, 3.63) is 64.4 Å². The van der Waals surface area contributed by atoms with Gasteiger partial charge in [-0.15, -0.1) is 0 Å². The molecule has 1 aromatic heterocycles. The molecule has 0 unspecified atom stereocenters. The van der Waals surface area contributed by atoms with Crippen LogP contribution in [0.5, 0.6) is 0 Å². The van der Waals surface area contributed by atoms with Crippen molar-refractivity contribution in [3.63, 3.8) is 0 Å². The molecule has 6 nitrogen and oxygen atoms in total. The minimum Gasteiger partial charge on any atom is -0.420 e. The van der Waals surface area contributed by atoms with Crippen molar-refractivity contribution in [1.29, 1.82) is 0 Å². The Morgan fingerprint density at radius 1 is 1.07 bits per heavy atom. The molecule has 0 aliphatic heterocycles. The lowest BCUT2D eigenvalue weighted by molar-refractivity contribution is 0.229. The van der Waals surface area contributed by atoms with Gasteiger partial charge in [-0.3, -0.25) is 4.57 Å². The number of nitrogens with one attached hydrogen (secondary N) is 1. The topological polar surface area (TPSA) is 73.6 Å². The van der Waals surface area contributed by atoms with Gasteiger partial charge in [0.25, 0.3) is 0 Å². The highest BCUT2D eigenvalue weighted by Gasteiger charge is 2.35. The highest BCUT2D eigenvalue weighted by Crippen LogP contribution is 2.49. The van der Waals surface area contributed by atoms with Crippen LogP contribution in [0, 0.1) is 5.82 Å². The van der Waals surface area contributed by atoms with Gasteiger partial charge >= 0.3 is 7.60 Å². The number of hydrogen-bond acceptors (Lipinski definition) is 6. The molecule has 1 N–H and O–H groups in total. The average molecular weight is 483 g/mol. The molecular formula is C20H21BrFN2O4P. The molecule has 0 bridgehead atoms. The highest BCUT2D eigenvalue weighted by atomic mass is 79.9. The van der Waals surface area contributed by atoms with E-state index >= 15 is 0 Å². The third-order valence-corrected chi connectivity index (χ3v) is 6.47. The van der Waals surface area contributed by atoms with Crippen LogP contribution in [-0.4, -0.2) is 18.2 Å². The van der Waals surface area contributed by atoms with Gasteiger partial charge in [-0.1, -0.05) is 28.1 Å². The first-order valence-corrected chi connectivity index (χ1v) is 11.4. The van der Waals surface area contributed by atoms with Crippen LogP contribution in [0.1, 0.15) is 19.4 Å². The maximum atomic E-state index is 13.3. The lowest BCUT2D eigenvalue weighted by Crippen LogP contribution is -2.16. The van der Waals surface area contributed by atoms with Crippen LogP contribution in [-0.2, 0) is 20.2 Å². The molecule has 0 spiro atoms. The van der Waals surface area contributed by atoms with Gasteiger partial charge in [-0.05, 0) is 55.8 Å². The fourth-order valence-corrected chi connectivity index (χ4v) is 4.46. The van der Waals surface area contributed by atoms with E-state index in [4.69, 9.17) is 13.5 Å². The standard InChI is InChI=1S/C20H21BrFN2O4P/c1-3-26-29(25,27-4-2)20-19(23-13-14-5-11-17(22)12-6-14)28-18(24-20)15-7-9-16(21)10-8-15/h5-12,23H,3-4,13H2,1-2H3. The van der Waals surface area contributed by atoms with E-state index in [-0.39, 0.29) is 36.2 Å². The molecule has 0 radical (unpaired) electrons. The predicted octanol–water partition coefficient (Wildman–Crippen LogP) is 5.75. The first kappa shape index (κ1) is 21.7. The third-order valence-electron chi connectivity index (χ3n) is 3.92. The van der Waals surface area contributed by atoms with Gasteiger partial charge in [-0.2, -0.15) is 4.98 Å². The Balaban J connectivity index is 1.97. The lowest BCUT2D eigenvalue weighted by atomic mass is 10.2. The second-order valence-electron chi connectivity index (χ2n) is 5.99. The minimum absolute atomic E-state index is 0.0845. The maximum Gasteiger partial charge on any atom is 0.385 e.